The van der Waals surface area contributed by atoms with E-state index < -0.39 is 12.0 Å². The van der Waals surface area contributed by atoms with Crippen molar-refractivity contribution in [1.82, 2.24) is 9.97 Å². The summed E-state index contributed by atoms with van der Waals surface area (Å²) in [5, 5.41) is 3.09. The molecule has 15 heavy (non-hydrogen) atoms. The van der Waals surface area contributed by atoms with E-state index in [4.69, 9.17) is 17.3 Å². The molecule has 6 nitrogen and oxygen atoms in total. The Morgan fingerprint density at radius 2 is 2.53 bits per heavy atom. The standard InChI is InChI=1S/C8H11ClN4O2/c1-15-7(14)5(10)4-12-8-11-3-2-6(9)13-8/h2-3,5H,4,10H2,1H3,(H,11,12,13)/t5-/m1/s1. The van der Waals surface area contributed by atoms with Gasteiger partial charge < -0.3 is 15.8 Å². The topological polar surface area (TPSA) is 90.1 Å². The van der Waals surface area contributed by atoms with E-state index in [-0.39, 0.29) is 6.54 Å². The molecule has 0 fully saturated rings. The van der Waals surface area contributed by atoms with Crippen molar-refractivity contribution in [1.29, 1.82) is 0 Å². The normalized spacial score (nSPS) is 11.9. The summed E-state index contributed by atoms with van der Waals surface area (Å²) in [5.74, 6) is -0.175. The minimum Gasteiger partial charge on any atom is -0.468 e. The van der Waals surface area contributed by atoms with Crippen LogP contribution in [0.1, 0.15) is 0 Å². The van der Waals surface area contributed by atoms with Crippen LogP contribution in [0.5, 0.6) is 0 Å². The summed E-state index contributed by atoms with van der Waals surface area (Å²) in [4.78, 5) is 18.7. The van der Waals surface area contributed by atoms with Crippen LogP contribution in [0.2, 0.25) is 5.15 Å². The third kappa shape index (κ3) is 3.69. The molecular formula is C8H11ClN4O2. The van der Waals surface area contributed by atoms with Crippen molar-refractivity contribution >= 4 is 23.5 Å². The quantitative estimate of drug-likeness (QED) is 0.561. The molecular weight excluding hydrogens is 220 g/mol. The van der Waals surface area contributed by atoms with Crippen molar-refractivity contribution in [3.05, 3.63) is 17.4 Å². The maximum Gasteiger partial charge on any atom is 0.324 e. The van der Waals surface area contributed by atoms with Gasteiger partial charge in [-0.2, -0.15) is 0 Å². The van der Waals surface area contributed by atoms with Gasteiger partial charge in [0.2, 0.25) is 5.95 Å². The Bertz CT molecular complexity index is 347. The number of ether oxygens (including phenoxy) is 1. The Labute approximate surface area is 91.8 Å². The second-order valence-electron chi connectivity index (χ2n) is 2.71. The number of methoxy groups -OCH3 is 1. The molecule has 82 valence electrons. The van der Waals surface area contributed by atoms with Gasteiger partial charge in [-0.3, -0.25) is 4.79 Å². The molecule has 1 aromatic heterocycles. The molecule has 0 aliphatic rings. The summed E-state index contributed by atoms with van der Waals surface area (Å²) in [6.07, 6.45) is 1.50. The van der Waals surface area contributed by atoms with Gasteiger partial charge in [0, 0.05) is 12.7 Å². The number of hydrogen-bond donors (Lipinski definition) is 2. The van der Waals surface area contributed by atoms with Crippen molar-refractivity contribution in [2.24, 2.45) is 5.73 Å². The van der Waals surface area contributed by atoms with E-state index in [0.717, 1.165) is 0 Å². The fourth-order valence-electron chi connectivity index (χ4n) is 0.858. The number of carbonyl (C=O) groups is 1. The van der Waals surface area contributed by atoms with Crippen LogP contribution < -0.4 is 11.1 Å². The zero-order chi connectivity index (χ0) is 11.3. The smallest absolute Gasteiger partial charge is 0.324 e. The number of rotatable bonds is 4. The lowest BCUT2D eigenvalue weighted by atomic mass is 10.3. The second kappa shape index (κ2) is 5.47. The molecule has 0 aliphatic carbocycles. The molecule has 0 spiro atoms. The molecule has 0 aromatic carbocycles. The van der Waals surface area contributed by atoms with Gasteiger partial charge in [0.25, 0.3) is 0 Å². The van der Waals surface area contributed by atoms with E-state index in [9.17, 15) is 4.79 Å². The fourth-order valence-corrected chi connectivity index (χ4v) is 0.994. The van der Waals surface area contributed by atoms with Gasteiger partial charge in [0.1, 0.15) is 11.2 Å². The Kier molecular flexibility index (Phi) is 4.26. The summed E-state index contributed by atoms with van der Waals surface area (Å²) < 4.78 is 4.45. The molecule has 1 heterocycles. The highest BCUT2D eigenvalue weighted by molar-refractivity contribution is 6.29. The van der Waals surface area contributed by atoms with E-state index in [2.05, 4.69) is 20.0 Å². The van der Waals surface area contributed by atoms with Crippen LogP contribution in [0.4, 0.5) is 5.95 Å². The molecule has 0 aliphatic heterocycles. The molecule has 7 heteroatoms. The zero-order valence-electron chi connectivity index (χ0n) is 8.11. The highest BCUT2D eigenvalue weighted by Crippen LogP contribution is 2.05. The first-order valence-corrected chi connectivity index (χ1v) is 4.57. The fraction of sp³-hybridized carbons (Fsp3) is 0.375. The van der Waals surface area contributed by atoms with Crippen LogP contribution in [-0.4, -0.2) is 35.6 Å². The lowest BCUT2D eigenvalue weighted by molar-refractivity contribution is -0.141. The minimum atomic E-state index is -0.752. The molecule has 0 saturated heterocycles. The molecule has 0 amide bonds. The predicted octanol–water partition coefficient (Wildman–Crippen LogP) is 0.0422. The summed E-state index contributed by atoms with van der Waals surface area (Å²) in [5.41, 5.74) is 5.49. The van der Waals surface area contributed by atoms with E-state index in [1.54, 1.807) is 6.07 Å². The number of nitrogens with two attached hydrogens (primary N) is 1. The number of anilines is 1. The first kappa shape index (κ1) is 11.7. The average Bonchev–Trinajstić information content (AvgIpc) is 2.25. The third-order valence-corrected chi connectivity index (χ3v) is 1.82. The monoisotopic (exact) mass is 230 g/mol. The summed E-state index contributed by atoms with van der Waals surface area (Å²) >= 11 is 5.64. The van der Waals surface area contributed by atoms with Crippen molar-refractivity contribution in [3.8, 4) is 0 Å². The molecule has 0 radical (unpaired) electrons. The maximum atomic E-state index is 10.9. The van der Waals surface area contributed by atoms with Crippen LogP contribution in [0.3, 0.4) is 0 Å². The number of hydrogen-bond acceptors (Lipinski definition) is 6. The van der Waals surface area contributed by atoms with Gasteiger partial charge in [-0.15, -0.1) is 0 Å². The van der Waals surface area contributed by atoms with Gasteiger partial charge in [-0.1, -0.05) is 11.6 Å². The SMILES string of the molecule is COC(=O)[C@H](N)CNc1nccc(Cl)n1. The van der Waals surface area contributed by atoms with Crippen molar-refractivity contribution < 1.29 is 9.53 Å². The van der Waals surface area contributed by atoms with Crippen molar-refractivity contribution in [2.45, 2.75) is 6.04 Å². The molecule has 1 aromatic rings. The summed E-state index contributed by atoms with van der Waals surface area (Å²) in [7, 11) is 1.28. The van der Waals surface area contributed by atoms with Crippen LogP contribution in [0.25, 0.3) is 0 Å². The van der Waals surface area contributed by atoms with Crippen LogP contribution in [-0.2, 0) is 9.53 Å². The Morgan fingerprint density at radius 1 is 1.80 bits per heavy atom. The average molecular weight is 231 g/mol. The largest absolute Gasteiger partial charge is 0.468 e. The predicted molar refractivity (Wildman–Crippen MR) is 55.5 cm³/mol. The number of halogens is 1. The lowest BCUT2D eigenvalue weighted by Gasteiger charge is -2.09. The number of nitrogens with zero attached hydrogens (tertiary/aromatic N) is 2. The van der Waals surface area contributed by atoms with Gasteiger partial charge >= 0.3 is 5.97 Å². The van der Waals surface area contributed by atoms with Crippen LogP contribution in [0, 0.1) is 0 Å². The maximum absolute atomic E-state index is 10.9. The van der Waals surface area contributed by atoms with Crippen molar-refractivity contribution in [3.63, 3.8) is 0 Å². The molecule has 1 rings (SSSR count). The van der Waals surface area contributed by atoms with E-state index in [1.807, 2.05) is 0 Å². The Balaban J connectivity index is 2.47. The first-order valence-electron chi connectivity index (χ1n) is 4.19. The number of esters is 1. The van der Waals surface area contributed by atoms with E-state index >= 15 is 0 Å². The molecule has 0 bridgehead atoms. The molecule has 1 atom stereocenters. The lowest BCUT2D eigenvalue weighted by Crippen LogP contribution is -2.38. The van der Waals surface area contributed by atoms with E-state index in [0.29, 0.717) is 11.1 Å². The number of carbonyl (C=O) groups excluding carboxylic acids is 1. The van der Waals surface area contributed by atoms with E-state index in [1.165, 1.54) is 13.3 Å². The third-order valence-electron chi connectivity index (χ3n) is 1.61. The van der Waals surface area contributed by atoms with Crippen LogP contribution in [0.15, 0.2) is 12.3 Å². The molecule has 3 N–H and O–H groups in total. The Hall–Kier alpha value is -1.40. The van der Waals surface area contributed by atoms with Crippen molar-refractivity contribution in [2.75, 3.05) is 19.0 Å². The highest BCUT2D eigenvalue weighted by Gasteiger charge is 2.13. The van der Waals surface area contributed by atoms with Gasteiger partial charge in [0.05, 0.1) is 7.11 Å². The Morgan fingerprint density at radius 3 is 3.13 bits per heavy atom. The molecule has 0 saturated carbocycles. The minimum absolute atomic E-state index is 0.188. The van der Waals surface area contributed by atoms with Gasteiger partial charge in [0.15, 0.2) is 0 Å². The number of nitrogens with one attached hydrogen (secondary N) is 1. The summed E-state index contributed by atoms with van der Waals surface area (Å²) in [6, 6.07) is 0.796. The summed E-state index contributed by atoms with van der Waals surface area (Å²) in [6.45, 7) is 0.188. The second-order valence-corrected chi connectivity index (χ2v) is 3.10. The number of aromatic nitrogens is 2. The molecule has 0 unspecified atom stereocenters. The van der Waals surface area contributed by atoms with Crippen LogP contribution >= 0.6 is 11.6 Å². The zero-order valence-corrected chi connectivity index (χ0v) is 8.86. The van der Waals surface area contributed by atoms with Gasteiger partial charge in [-0.05, 0) is 6.07 Å². The van der Waals surface area contributed by atoms with Gasteiger partial charge in [-0.25, -0.2) is 9.97 Å². The first-order chi connectivity index (χ1) is 7.13. The highest BCUT2D eigenvalue weighted by atomic mass is 35.5.